The summed E-state index contributed by atoms with van der Waals surface area (Å²) in [5.74, 6) is 0.657. The summed E-state index contributed by atoms with van der Waals surface area (Å²) in [6.45, 7) is 4.56. The second kappa shape index (κ2) is 13.0. The molecule has 0 aliphatic rings. The van der Waals surface area contributed by atoms with Crippen molar-refractivity contribution in [1.29, 1.82) is 0 Å². The van der Waals surface area contributed by atoms with Crippen molar-refractivity contribution in [3.8, 4) is 5.75 Å². The van der Waals surface area contributed by atoms with Gasteiger partial charge in [-0.05, 0) is 72.0 Å². The molecule has 4 rings (SSSR count). The van der Waals surface area contributed by atoms with Gasteiger partial charge in [-0.25, -0.2) is 4.39 Å². The highest BCUT2D eigenvalue weighted by Crippen LogP contribution is 2.23. The number of rotatable bonds is 14. The van der Waals surface area contributed by atoms with Crippen molar-refractivity contribution in [2.24, 2.45) is 0 Å². The molecule has 3 N–H and O–H groups in total. The number of fused-ring (bicyclic) bond motifs is 1. The van der Waals surface area contributed by atoms with Crippen LogP contribution in [0.15, 0.2) is 72.9 Å². The highest BCUT2D eigenvalue weighted by Gasteiger charge is 2.05. The Balaban J connectivity index is 1.08. The van der Waals surface area contributed by atoms with E-state index in [4.69, 9.17) is 9.47 Å². The molecule has 184 valence electrons. The molecule has 0 aliphatic heterocycles. The van der Waals surface area contributed by atoms with E-state index in [2.05, 4.69) is 58.2 Å². The third-order valence-electron chi connectivity index (χ3n) is 6.07. The molecule has 1 aromatic heterocycles. The number of benzene rings is 3. The van der Waals surface area contributed by atoms with Gasteiger partial charge in [-0.2, -0.15) is 0 Å². The van der Waals surface area contributed by atoms with E-state index in [9.17, 15) is 4.39 Å². The molecule has 0 spiro atoms. The van der Waals surface area contributed by atoms with Crippen LogP contribution in [-0.2, 0) is 30.9 Å². The number of aryl methyl sites for hydroxylation is 1. The Labute approximate surface area is 206 Å². The van der Waals surface area contributed by atoms with Gasteiger partial charge in [0, 0.05) is 36.7 Å². The lowest BCUT2D eigenvalue weighted by atomic mass is 10.1. The summed E-state index contributed by atoms with van der Waals surface area (Å²) in [6, 6.07) is 21.4. The van der Waals surface area contributed by atoms with Crippen LogP contribution in [0.25, 0.3) is 10.9 Å². The smallest absolute Gasteiger partial charge is 0.123 e. The lowest BCUT2D eigenvalue weighted by Crippen LogP contribution is -2.21. The van der Waals surface area contributed by atoms with E-state index in [0.29, 0.717) is 13.2 Å². The van der Waals surface area contributed by atoms with E-state index in [0.717, 1.165) is 55.9 Å². The van der Waals surface area contributed by atoms with Gasteiger partial charge in [0.25, 0.3) is 0 Å². The molecule has 0 fully saturated rings. The maximum absolute atomic E-state index is 12.9. The summed E-state index contributed by atoms with van der Waals surface area (Å²) < 4.78 is 23.9. The van der Waals surface area contributed by atoms with Gasteiger partial charge in [-0.15, -0.1) is 0 Å². The van der Waals surface area contributed by atoms with Gasteiger partial charge in [0.1, 0.15) is 11.6 Å². The molecule has 5 nitrogen and oxygen atoms in total. The van der Waals surface area contributed by atoms with Crippen LogP contribution in [0.5, 0.6) is 5.75 Å². The zero-order chi connectivity index (χ0) is 24.3. The zero-order valence-electron chi connectivity index (χ0n) is 20.3. The summed E-state index contributed by atoms with van der Waals surface area (Å²) in [5.41, 5.74) is 5.99. The van der Waals surface area contributed by atoms with Gasteiger partial charge < -0.3 is 25.1 Å². The Morgan fingerprint density at radius 2 is 1.60 bits per heavy atom. The Morgan fingerprint density at radius 1 is 0.829 bits per heavy atom. The molecule has 0 amide bonds. The van der Waals surface area contributed by atoms with Gasteiger partial charge in [0.05, 0.1) is 20.3 Å². The number of halogens is 1. The average molecular weight is 476 g/mol. The van der Waals surface area contributed by atoms with Crippen LogP contribution < -0.4 is 15.4 Å². The maximum Gasteiger partial charge on any atom is 0.123 e. The van der Waals surface area contributed by atoms with Gasteiger partial charge in [0.15, 0.2) is 0 Å². The second-order valence-corrected chi connectivity index (χ2v) is 8.68. The highest BCUT2D eigenvalue weighted by atomic mass is 19.1. The molecule has 4 aromatic rings. The average Bonchev–Trinajstić information content (AvgIpc) is 3.29. The lowest BCUT2D eigenvalue weighted by Gasteiger charge is -2.08. The third-order valence-corrected chi connectivity index (χ3v) is 6.07. The van der Waals surface area contributed by atoms with Gasteiger partial charge in [0.2, 0.25) is 0 Å². The van der Waals surface area contributed by atoms with Crippen LogP contribution in [0, 0.1) is 5.82 Å². The third kappa shape index (κ3) is 7.65. The van der Waals surface area contributed by atoms with Crippen molar-refractivity contribution >= 4 is 10.9 Å². The van der Waals surface area contributed by atoms with E-state index in [1.54, 1.807) is 19.2 Å². The first kappa shape index (κ1) is 24.9. The Bertz CT molecular complexity index is 1170. The van der Waals surface area contributed by atoms with Gasteiger partial charge in [-0.3, -0.25) is 0 Å². The predicted octanol–water partition coefficient (Wildman–Crippen LogP) is 5.34. The van der Waals surface area contributed by atoms with Gasteiger partial charge in [-0.1, -0.05) is 36.4 Å². The number of nitrogens with one attached hydrogen (secondary N) is 3. The fourth-order valence-electron chi connectivity index (χ4n) is 4.05. The molecule has 0 unspecified atom stereocenters. The largest absolute Gasteiger partial charge is 0.497 e. The molecule has 0 saturated carbocycles. The van der Waals surface area contributed by atoms with Crippen molar-refractivity contribution in [1.82, 2.24) is 15.6 Å². The van der Waals surface area contributed by atoms with Crippen LogP contribution in [0.2, 0.25) is 0 Å². The standard InChI is InChI=1S/C29H34FN3O2/c1-34-27-12-13-29-28(17-27)25(20-33-29)19-32-18-23-6-4-22(5-7-23)3-2-14-31-15-16-35-21-24-8-10-26(30)11-9-24/h4-13,17,20,31-33H,2-3,14-16,18-19,21H2,1H3. The van der Waals surface area contributed by atoms with Crippen molar-refractivity contribution in [2.75, 3.05) is 26.8 Å². The fourth-order valence-corrected chi connectivity index (χ4v) is 4.05. The quantitative estimate of drug-likeness (QED) is 0.215. The van der Waals surface area contributed by atoms with Crippen molar-refractivity contribution in [2.45, 2.75) is 32.5 Å². The number of aromatic nitrogens is 1. The predicted molar refractivity (Wildman–Crippen MR) is 139 cm³/mol. The van der Waals surface area contributed by atoms with Crippen molar-refractivity contribution < 1.29 is 13.9 Å². The molecular formula is C29H34FN3O2. The Morgan fingerprint density at radius 3 is 2.40 bits per heavy atom. The highest BCUT2D eigenvalue weighted by molar-refractivity contribution is 5.84. The molecule has 1 heterocycles. The van der Waals surface area contributed by atoms with Crippen LogP contribution in [0.1, 0.15) is 28.7 Å². The molecule has 3 aromatic carbocycles. The van der Waals surface area contributed by atoms with Crippen molar-refractivity contribution in [3.63, 3.8) is 0 Å². The summed E-state index contributed by atoms with van der Waals surface area (Å²) in [7, 11) is 1.70. The SMILES string of the molecule is COc1ccc2[nH]cc(CNCc3ccc(CCCNCCOCc4ccc(F)cc4)cc3)c2c1. The zero-order valence-corrected chi connectivity index (χ0v) is 20.3. The molecule has 0 saturated heterocycles. The number of ether oxygens (including phenoxy) is 2. The Hall–Kier alpha value is -3.19. The summed E-state index contributed by atoms with van der Waals surface area (Å²) >= 11 is 0. The van der Waals surface area contributed by atoms with E-state index in [1.807, 2.05) is 6.07 Å². The van der Waals surface area contributed by atoms with Gasteiger partial charge >= 0.3 is 0 Å². The van der Waals surface area contributed by atoms with Crippen LogP contribution in [0.4, 0.5) is 4.39 Å². The summed E-state index contributed by atoms with van der Waals surface area (Å²) in [4.78, 5) is 3.32. The molecule has 0 atom stereocenters. The summed E-state index contributed by atoms with van der Waals surface area (Å²) in [6.07, 6.45) is 4.19. The first-order valence-electron chi connectivity index (χ1n) is 12.2. The topological polar surface area (TPSA) is 58.3 Å². The molecule has 0 bridgehead atoms. The maximum atomic E-state index is 12.9. The molecular weight excluding hydrogens is 441 g/mol. The minimum Gasteiger partial charge on any atom is -0.497 e. The molecule has 6 heteroatoms. The van der Waals surface area contributed by atoms with E-state index >= 15 is 0 Å². The fraction of sp³-hybridized carbons (Fsp3) is 0.310. The van der Waals surface area contributed by atoms with Crippen LogP contribution in [-0.4, -0.2) is 31.8 Å². The second-order valence-electron chi connectivity index (χ2n) is 8.68. The Kier molecular flexibility index (Phi) is 9.29. The number of H-pyrrole nitrogens is 1. The normalized spacial score (nSPS) is 11.3. The van der Waals surface area contributed by atoms with E-state index < -0.39 is 0 Å². The van der Waals surface area contributed by atoms with E-state index in [1.165, 1.54) is 34.2 Å². The first-order chi connectivity index (χ1) is 17.2. The minimum atomic E-state index is -0.218. The molecule has 0 aliphatic carbocycles. The first-order valence-corrected chi connectivity index (χ1v) is 12.2. The molecule has 0 radical (unpaired) electrons. The summed E-state index contributed by atoms with van der Waals surface area (Å²) in [5, 5.41) is 8.16. The number of hydrogen-bond donors (Lipinski definition) is 3. The monoisotopic (exact) mass is 475 g/mol. The van der Waals surface area contributed by atoms with E-state index in [-0.39, 0.29) is 5.82 Å². The minimum absolute atomic E-state index is 0.218. The van der Waals surface area contributed by atoms with Crippen LogP contribution >= 0.6 is 0 Å². The van der Waals surface area contributed by atoms with Crippen LogP contribution in [0.3, 0.4) is 0 Å². The number of methoxy groups -OCH3 is 1. The molecule has 35 heavy (non-hydrogen) atoms. The number of aromatic amines is 1. The van der Waals surface area contributed by atoms with Crippen molar-refractivity contribution in [3.05, 3.63) is 101 Å². The number of hydrogen-bond acceptors (Lipinski definition) is 4. The lowest BCUT2D eigenvalue weighted by molar-refractivity contribution is 0.123.